The molecule has 3 aromatic rings. The van der Waals surface area contributed by atoms with Gasteiger partial charge in [-0.15, -0.1) is 0 Å². The number of benzene rings is 1. The molecule has 0 aliphatic heterocycles. The van der Waals surface area contributed by atoms with E-state index < -0.39 is 0 Å². The van der Waals surface area contributed by atoms with Crippen molar-refractivity contribution >= 4 is 17.7 Å². The standard InChI is InChI=1S/C17H15N5O/c23-17(9-8-15-6-3-4-10-19-15)21-16-7-2-1-5-14(16)11-22-13-18-12-20-22/h1-10,12-13H,11H2,(H,21,23)/b9-8+. The molecular weight excluding hydrogens is 290 g/mol. The van der Waals surface area contributed by atoms with E-state index in [1.54, 1.807) is 23.3 Å². The van der Waals surface area contributed by atoms with Gasteiger partial charge < -0.3 is 5.32 Å². The van der Waals surface area contributed by atoms with Crippen LogP contribution in [0, 0.1) is 0 Å². The highest BCUT2D eigenvalue weighted by atomic mass is 16.1. The summed E-state index contributed by atoms with van der Waals surface area (Å²) in [6, 6.07) is 13.1. The maximum Gasteiger partial charge on any atom is 0.248 e. The van der Waals surface area contributed by atoms with Crippen LogP contribution in [0.2, 0.25) is 0 Å². The number of amides is 1. The Morgan fingerprint density at radius 2 is 2.04 bits per heavy atom. The lowest BCUT2D eigenvalue weighted by atomic mass is 10.1. The van der Waals surface area contributed by atoms with E-state index in [4.69, 9.17) is 0 Å². The van der Waals surface area contributed by atoms with E-state index in [9.17, 15) is 4.79 Å². The first-order chi connectivity index (χ1) is 11.3. The monoisotopic (exact) mass is 305 g/mol. The second kappa shape index (κ2) is 7.13. The van der Waals surface area contributed by atoms with Gasteiger partial charge in [-0.1, -0.05) is 24.3 Å². The third-order valence-corrected chi connectivity index (χ3v) is 3.17. The Kier molecular flexibility index (Phi) is 4.54. The molecule has 1 aromatic carbocycles. The number of aromatic nitrogens is 4. The average molecular weight is 305 g/mol. The minimum absolute atomic E-state index is 0.207. The Hall–Kier alpha value is -3.28. The van der Waals surface area contributed by atoms with Crippen molar-refractivity contribution in [2.45, 2.75) is 6.54 Å². The van der Waals surface area contributed by atoms with Gasteiger partial charge in [-0.25, -0.2) is 9.67 Å². The fourth-order valence-electron chi connectivity index (χ4n) is 2.08. The van der Waals surface area contributed by atoms with Gasteiger partial charge in [0, 0.05) is 18.0 Å². The number of para-hydroxylation sites is 1. The largest absolute Gasteiger partial charge is 0.322 e. The molecule has 2 aromatic heterocycles. The van der Waals surface area contributed by atoms with Crippen LogP contribution >= 0.6 is 0 Å². The second-order valence-corrected chi connectivity index (χ2v) is 4.83. The number of nitrogens with one attached hydrogen (secondary N) is 1. The van der Waals surface area contributed by atoms with Gasteiger partial charge in [-0.05, 0) is 29.8 Å². The molecule has 23 heavy (non-hydrogen) atoms. The van der Waals surface area contributed by atoms with Gasteiger partial charge in [0.15, 0.2) is 0 Å². The lowest BCUT2D eigenvalue weighted by Crippen LogP contribution is -2.11. The number of hydrogen-bond acceptors (Lipinski definition) is 4. The summed E-state index contributed by atoms with van der Waals surface area (Å²) in [5.41, 5.74) is 2.44. The highest BCUT2D eigenvalue weighted by molar-refractivity contribution is 6.02. The summed E-state index contributed by atoms with van der Waals surface area (Å²) in [5.74, 6) is -0.207. The van der Waals surface area contributed by atoms with E-state index >= 15 is 0 Å². The van der Waals surface area contributed by atoms with Crippen LogP contribution < -0.4 is 5.32 Å². The van der Waals surface area contributed by atoms with Crippen molar-refractivity contribution in [2.24, 2.45) is 0 Å². The summed E-state index contributed by atoms with van der Waals surface area (Å²) in [4.78, 5) is 20.1. The molecule has 0 saturated heterocycles. The Morgan fingerprint density at radius 1 is 1.17 bits per heavy atom. The average Bonchev–Trinajstić information content (AvgIpc) is 3.09. The fourth-order valence-corrected chi connectivity index (χ4v) is 2.08. The molecular formula is C17H15N5O. The van der Waals surface area contributed by atoms with Gasteiger partial charge in [0.05, 0.1) is 12.2 Å². The highest BCUT2D eigenvalue weighted by Crippen LogP contribution is 2.16. The van der Waals surface area contributed by atoms with Crippen molar-refractivity contribution in [1.82, 2.24) is 19.7 Å². The Morgan fingerprint density at radius 3 is 2.83 bits per heavy atom. The van der Waals surface area contributed by atoms with Crippen LogP contribution in [0.4, 0.5) is 5.69 Å². The summed E-state index contributed by atoms with van der Waals surface area (Å²) in [5, 5.41) is 6.96. The SMILES string of the molecule is O=C(/C=C/c1ccccn1)Nc1ccccc1Cn1cncn1. The zero-order chi connectivity index (χ0) is 15.9. The van der Waals surface area contributed by atoms with Crippen LogP contribution in [-0.4, -0.2) is 25.7 Å². The summed E-state index contributed by atoms with van der Waals surface area (Å²) < 4.78 is 1.70. The molecule has 0 radical (unpaired) electrons. The molecule has 6 heteroatoms. The number of nitrogens with zero attached hydrogens (tertiary/aromatic N) is 4. The van der Waals surface area contributed by atoms with Crippen LogP contribution in [0.3, 0.4) is 0 Å². The molecule has 0 aliphatic rings. The number of carbonyl (C=O) groups is 1. The summed E-state index contributed by atoms with van der Waals surface area (Å²) >= 11 is 0. The Bertz CT molecular complexity index is 797. The normalized spacial score (nSPS) is 10.8. The summed E-state index contributed by atoms with van der Waals surface area (Å²) in [6.45, 7) is 0.542. The molecule has 0 spiro atoms. The maximum atomic E-state index is 12.1. The van der Waals surface area contributed by atoms with E-state index in [-0.39, 0.29) is 5.91 Å². The van der Waals surface area contributed by atoms with Gasteiger partial charge in [0.25, 0.3) is 0 Å². The molecule has 0 aliphatic carbocycles. The third-order valence-electron chi connectivity index (χ3n) is 3.17. The second-order valence-electron chi connectivity index (χ2n) is 4.83. The Balaban J connectivity index is 1.70. The smallest absolute Gasteiger partial charge is 0.248 e. The quantitative estimate of drug-likeness (QED) is 0.735. The van der Waals surface area contributed by atoms with Crippen molar-refractivity contribution in [2.75, 3.05) is 5.32 Å². The lowest BCUT2D eigenvalue weighted by molar-refractivity contribution is -0.111. The summed E-state index contributed by atoms with van der Waals surface area (Å²) in [6.07, 6.45) is 7.95. The number of pyridine rings is 1. The van der Waals surface area contributed by atoms with Crippen LogP contribution in [-0.2, 0) is 11.3 Å². The molecule has 1 N–H and O–H groups in total. The molecule has 114 valence electrons. The van der Waals surface area contributed by atoms with Gasteiger partial charge in [-0.2, -0.15) is 5.10 Å². The first-order valence-electron chi connectivity index (χ1n) is 7.12. The first-order valence-corrected chi connectivity index (χ1v) is 7.12. The third kappa shape index (κ3) is 4.10. The van der Waals surface area contributed by atoms with Gasteiger partial charge in [0.2, 0.25) is 5.91 Å². The minimum atomic E-state index is -0.207. The molecule has 0 saturated carbocycles. The van der Waals surface area contributed by atoms with Crippen LogP contribution in [0.5, 0.6) is 0 Å². The summed E-state index contributed by atoms with van der Waals surface area (Å²) in [7, 11) is 0. The van der Waals surface area contributed by atoms with Crippen LogP contribution in [0.1, 0.15) is 11.3 Å². The van der Waals surface area contributed by atoms with Crippen molar-refractivity contribution in [3.8, 4) is 0 Å². The number of hydrogen-bond donors (Lipinski definition) is 1. The molecule has 0 atom stereocenters. The number of carbonyl (C=O) groups excluding carboxylic acids is 1. The van der Waals surface area contributed by atoms with Crippen molar-refractivity contribution < 1.29 is 4.79 Å². The first kappa shape index (κ1) is 14.6. The van der Waals surface area contributed by atoms with E-state index in [0.29, 0.717) is 6.54 Å². The van der Waals surface area contributed by atoms with E-state index in [1.807, 2.05) is 42.5 Å². The van der Waals surface area contributed by atoms with Crippen molar-refractivity contribution in [1.29, 1.82) is 0 Å². The molecule has 0 unspecified atom stereocenters. The Labute approximate surface area is 133 Å². The zero-order valence-electron chi connectivity index (χ0n) is 12.3. The minimum Gasteiger partial charge on any atom is -0.322 e. The topological polar surface area (TPSA) is 72.7 Å². The maximum absolute atomic E-state index is 12.1. The van der Waals surface area contributed by atoms with Crippen LogP contribution in [0.15, 0.2) is 67.4 Å². The number of rotatable bonds is 5. The number of anilines is 1. The van der Waals surface area contributed by atoms with Gasteiger partial charge in [-0.3, -0.25) is 9.78 Å². The van der Waals surface area contributed by atoms with E-state index in [1.165, 1.54) is 12.4 Å². The predicted octanol–water partition coefficient (Wildman–Crippen LogP) is 2.37. The molecule has 0 bridgehead atoms. The fraction of sp³-hybridized carbons (Fsp3) is 0.0588. The lowest BCUT2D eigenvalue weighted by Gasteiger charge is -2.09. The molecule has 6 nitrogen and oxygen atoms in total. The predicted molar refractivity (Wildman–Crippen MR) is 87.5 cm³/mol. The molecule has 0 fully saturated rings. The molecule has 2 heterocycles. The van der Waals surface area contributed by atoms with E-state index in [0.717, 1.165) is 16.9 Å². The van der Waals surface area contributed by atoms with E-state index in [2.05, 4.69) is 20.4 Å². The highest BCUT2D eigenvalue weighted by Gasteiger charge is 2.05. The van der Waals surface area contributed by atoms with Crippen LogP contribution in [0.25, 0.3) is 6.08 Å². The molecule has 3 rings (SSSR count). The molecule has 1 amide bonds. The van der Waals surface area contributed by atoms with Crippen molar-refractivity contribution in [3.05, 3.63) is 78.6 Å². The van der Waals surface area contributed by atoms with Gasteiger partial charge in [0.1, 0.15) is 12.7 Å². The van der Waals surface area contributed by atoms with Gasteiger partial charge >= 0.3 is 0 Å². The van der Waals surface area contributed by atoms with Crippen molar-refractivity contribution in [3.63, 3.8) is 0 Å². The zero-order valence-corrected chi connectivity index (χ0v) is 12.3.